The highest BCUT2D eigenvalue weighted by Gasteiger charge is 2.31. The summed E-state index contributed by atoms with van der Waals surface area (Å²) in [6.07, 6.45) is 2.63. The molecule has 2 heterocycles. The van der Waals surface area contributed by atoms with E-state index in [4.69, 9.17) is 16.6 Å². The molecule has 3 nitrogen and oxygen atoms in total. The van der Waals surface area contributed by atoms with E-state index in [0.717, 1.165) is 46.9 Å². The standard InChI is InChI=1S/C23H21ClN2O/c24-20-12-5-4-10-18(20)16-19-11-6-13-21(25-19)22-14-7-15-26(22)23(27)17-8-2-1-3-9-17/h1-6,8-13,22H,7,14-16H2. The predicted molar refractivity (Wildman–Crippen MR) is 108 cm³/mol. The first kappa shape index (κ1) is 17.7. The van der Waals surface area contributed by atoms with Gasteiger partial charge in [-0.1, -0.05) is 54.1 Å². The molecule has 3 aromatic rings. The second-order valence-corrected chi connectivity index (χ2v) is 7.25. The third kappa shape index (κ3) is 3.88. The SMILES string of the molecule is O=C(c1ccccc1)N1CCCC1c1cccc(Cc2ccccc2Cl)n1. The predicted octanol–water partition coefficient (Wildman–Crippen LogP) is 5.30. The second kappa shape index (κ2) is 7.93. The van der Waals surface area contributed by atoms with Crippen LogP contribution in [-0.4, -0.2) is 22.3 Å². The van der Waals surface area contributed by atoms with Crippen LogP contribution in [0.25, 0.3) is 0 Å². The molecule has 1 saturated heterocycles. The topological polar surface area (TPSA) is 33.2 Å². The van der Waals surface area contributed by atoms with Crippen LogP contribution in [0.3, 0.4) is 0 Å². The zero-order valence-corrected chi connectivity index (χ0v) is 15.8. The summed E-state index contributed by atoms with van der Waals surface area (Å²) in [6.45, 7) is 0.773. The Morgan fingerprint density at radius 3 is 2.59 bits per heavy atom. The molecule has 136 valence electrons. The van der Waals surface area contributed by atoms with Crippen molar-refractivity contribution in [2.24, 2.45) is 0 Å². The normalized spacial score (nSPS) is 16.5. The molecule has 0 saturated carbocycles. The number of carbonyl (C=O) groups is 1. The summed E-state index contributed by atoms with van der Waals surface area (Å²) in [5.74, 6) is 0.0800. The van der Waals surface area contributed by atoms with Crippen molar-refractivity contribution in [3.63, 3.8) is 0 Å². The molecule has 1 aromatic heterocycles. The molecule has 1 fully saturated rings. The van der Waals surface area contributed by atoms with Gasteiger partial charge in [-0.3, -0.25) is 9.78 Å². The smallest absolute Gasteiger partial charge is 0.254 e. The summed E-state index contributed by atoms with van der Waals surface area (Å²) in [4.78, 5) is 19.8. The van der Waals surface area contributed by atoms with Gasteiger partial charge < -0.3 is 4.90 Å². The fourth-order valence-electron chi connectivity index (χ4n) is 3.68. The van der Waals surface area contributed by atoms with Crippen LogP contribution in [0.4, 0.5) is 0 Å². The van der Waals surface area contributed by atoms with Gasteiger partial charge in [0.25, 0.3) is 5.91 Å². The Morgan fingerprint density at radius 2 is 1.78 bits per heavy atom. The highest BCUT2D eigenvalue weighted by molar-refractivity contribution is 6.31. The summed E-state index contributed by atoms with van der Waals surface area (Å²) >= 11 is 6.29. The third-order valence-electron chi connectivity index (χ3n) is 5.03. The van der Waals surface area contributed by atoms with E-state index in [1.807, 2.05) is 77.7 Å². The molecule has 0 N–H and O–H groups in total. The Hall–Kier alpha value is -2.65. The molecule has 1 atom stereocenters. The maximum Gasteiger partial charge on any atom is 0.254 e. The maximum absolute atomic E-state index is 12.9. The van der Waals surface area contributed by atoms with Gasteiger partial charge in [-0.2, -0.15) is 0 Å². The van der Waals surface area contributed by atoms with Crippen molar-refractivity contribution in [1.29, 1.82) is 0 Å². The van der Waals surface area contributed by atoms with Crippen molar-refractivity contribution in [2.45, 2.75) is 25.3 Å². The number of hydrogen-bond acceptors (Lipinski definition) is 2. The van der Waals surface area contributed by atoms with Crippen LogP contribution in [0.5, 0.6) is 0 Å². The average Bonchev–Trinajstić information content (AvgIpc) is 3.20. The summed E-state index contributed by atoms with van der Waals surface area (Å²) in [6, 6.07) is 23.4. The summed E-state index contributed by atoms with van der Waals surface area (Å²) in [7, 11) is 0. The first-order valence-electron chi connectivity index (χ1n) is 9.27. The number of benzene rings is 2. The molecule has 0 radical (unpaired) electrons. The Morgan fingerprint density at radius 1 is 1.00 bits per heavy atom. The van der Waals surface area contributed by atoms with E-state index >= 15 is 0 Å². The molecule has 2 aromatic carbocycles. The van der Waals surface area contributed by atoms with Crippen LogP contribution < -0.4 is 0 Å². The van der Waals surface area contributed by atoms with Crippen LogP contribution in [-0.2, 0) is 6.42 Å². The quantitative estimate of drug-likeness (QED) is 0.618. The van der Waals surface area contributed by atoms with Gasteiger partial charge in [-0.15, -0.1) is 0 Å². The number of pyridine rings is 1. The molecule has 1 aliphatic heterocycles. The van der Waals surface area contributed by atoms with Crippen molar-refractivity contribution in [2.75, 3.05) is 6.54 Å². The largest absolute Gasteiger partial charge is 0.330 e. The molecular weight excluding hydrogens is 356 g/mol. The van der Waals surface area contributed by atoms with E-state index in [1.54, 1.807) is 0 Å². The maximum atomic E-state index is 12.9. The van der Waals surface area contributed by atoms with E-state index in [2.05, 4.69) is 0 Å². The number of halogens is 1. The molecule has 0 bridgehead atoms. The lowest BCUT2D eigenvalue weighted by molar-refractivity contribution is 0.0733. The number of aromatic nitrogens is 1. The van der Waals surface area contributed by atoms with Crippen molar-refractivity contribution in [3.8, 4) is 0 Å². The Kier molecular flexibility index (Phi) is 5.21. The van der Waals surface area contributed by atoms with Crippen LogP contribution in [0.1, 0.15) is 46.2 Å². The molecule has 1 aliphatic rings. The van der Waals surface area contributed by atoms with E-state index in [1.165, 1.54) is 0 Å². The summed E-state index contributed by atoms with van der Waals surface area (Å²) in [5.41, 5.74) is 3.73. The average molecular weight is 377 g/mol. The van der Waals surface area contributed by atoms with Gasteiger partial charge in [-0.05, 0) is 48.7 Å². The zero-order chi connectivity index (χ0) is 18.6. The van der Waals surface area contributed by atoms with E-state index < -0.39 is 0 Å². The van der Waals surface area contributed by atoms with E-state index in [9.17, 15) is 4.79 Å². The van der Waals surface area contributed by atoms with Gasteiger partial charge in [0.1, 0.15) is 0 Å². The van der Waals surface area contributed by atoms with Gasteiger partial charge in [0.2, 0.25) is 0 Å². The van der Waals surface area contributed by atoms with Gasteiger partial charge >= 0.3 is 0 Å². The Labute approximate surface area is 164 Å². The number of amides is 1. The first-order chi connectivity index (χ1) is 13.2. The number of hydrogen-bond donors (Lipinski definition) is 0. The summed E-state index contributed by atoms with van der Waals surface area (Å²) < 4.78 is 0. The van der Waals surface area contributed by atoms with Crippen molar-refractivity contribution in [1.82, 2.24) is 9.88 Å². The van der Waals surface area contributed by atoms with Gasteiger partial charge in [0, 0.05) is 29.2 Å². The molecule has 4 rings (SSSR count). The van der Waals surface area contributed by atoms with Crippen LogP contribution in [0.15, 0.2) is 72.8 Å². The Bertz CT molecular complexity index is 942. The van der Waals surface area contributed by atoms with Crippen LogP contribution in [0, 0.1) is 0 Å². The highest BCUT2D eigenvalue weighted by atomic mass is 35.5. The number of nitrogens with zero attached hydrogens (tertiary/aromatic N) is 2. The molecular formula is C23H21ClN2O. The number of likely N-dealkylation sites (tertiary alicyclic amines) is 1. The molecule has 0 spiro atoms. The lowest BCUT2D eigenvalue weighted by Gasteiger charge is -2.25. The fourth-order valence-corrected chi connectivity index (χ4v) is 3.89. The van der Waals surface area contributed by atoms with Crippen molar-refractivity contribution in [3.05, 3.63) is 100 Å². The minimum atomic E-state index is 0.0314. The van der Waals surface area contributed by atoms with Crippen molar-refractivity contribution < 1.29 is 4.79 Å². The minimum absolute atomic E-state index is 0.0314. The lowest BCUT2D eigenvalue weighted by Crippen LogP contribution is -2.31. The third-order valence-corrected chi connectivity index (χ3v) is 5.40. The van der Waals surface area contributed by atoms with Crippen molar-refractivity contribution >= 4 is 17.5 Å². The monoisotopic (exact) mass is 376 g/mol. The first-order valence-corrected chi connectivity index (χ1v) is 9.65. The van der Waals surface area contributed by atoms with E-state index in [0.29, 0.717) is 6.42 Å². The minimum Gasteiger partial charge on any atom is -0.330 e. The van der Waals surface area contributed by atoms with Gasteiger partial charge in [0.05, 0.1) is 11.7 Å². The molecule has 4 heteroatoms. The zero-order valence-electron chi connectivity index (χ0n) is 15.0. The van der Waals surface area contributed by atoms with Gasteiger partial charge in [-0.25, -0.2) is 0 Å². The van der Waals surface area contributed by atoms with Crippen LogP contribution in [0.2, 0.25) is 5.02 Å². The molecule has 1 unspecified atom stereocenters. The lowest BCUT2D eigenvalue weighted by atomic mass is 10.1. The highest BCUT2D eigenvalue weighted by Crippen LogP contribution is 2.32. The molecule has 27 heavy (non-hydrogen) atoms. The molecule has 1 amide bonds. The second-order valence-electron chi connectivity index (χ2n) is 6.84. The fraction of sp³-hybridized carbons (Fsp3) is 0.217. The molecule has 0 aliphatic carbocycles. The Balaban J connectivity index is 1.57. The number of rotatable bonds is 4. The van der Waals surface area contributed by atoms with E-state index in [-0.39, 0.29) is 11.9 Å². The van der Waals surface area contributed by atoms with Crippen LogP contribution >= 0.6 is 11.6 Å². The number of carbonyl (C=O) groups excluding carboxylic acids is 1. The summed E-state index contributed by atoms with van der Waals surface area (Å²) in [5, 5.41) is 0.756. The van der Waals surface area contributed by atoms with Gasteiger partial charge in [0.15, 0.2) is 0 Å².